The number of nitrogens with one attached hydrogen (secondary N) is 1. The lowest BCUT2D eigenvalue weighted by Crippen LogP contribution is -2.40. The van der Waals surface area contributed by atoms with Crippen LogP contribution >= 0.6 is 0 Å². The largest absolute Gasteiger partial charge is 0.481 e. The molecule has 20 heavy (non-hydrogen) atoms. The molecule has 4 N–H and O–H groups in total. The van der Waals surface area contributed by atoms with Gasteiger partial charge in [0.15, 0.2) is 0 Å². The summed E-state index contributed by atoms with van der Waals surface area (Å²) in [6.45, 7) is 1.65. The Bertz CT molecular complexity index is 348. The summed E-state index contributed by atoms with van der Waals surface area (Å²) in [6, 6.07) is 0. The molecule has 0 saturated heterocycles. The molecule has 0 aromatic carbocycles. The number of carboxylic acids is 1. The third kappa shape index (κ3) is 3.83. The number of hydrogen-bond donors (Lipinski definition) is 4. The lowest BCUT2D eigenvalue weighted by atomic mass is 9.84. The zero-order valence-electron chi connectivity index (χ0n) is 11.8. The molecule has 7 nitrogen and oxygen atoms in total. The number of amides is 1. The maximum absolute atomic E-state index is 11.4. The van der Waals surface area contributed by atoms with Gasteiger partial charge in [0.05, 0.1) is 12.0 Å². The third-order valence-electron chi connectivity index (χ3n) is 4.10. The molecule has 0 unspecified atom stereocenters. The predicted molar refractivity (Wildman–Crippen MR) is 70.1 cm³/mol. The molecular weight excluding hydrogens is 266 g/mol. The Balaban J connectivity index is 2.82. The summed E-state index contributed by atoms with van der Waals surface area (Å²) in [5.74, 6) is -2.22. The molecule has 0 aromatic rings. The van der Waals surface area contributed by atoms with Crippen molar-refractivity contribution in [3.63, 3.8) is 0 Å². The molecule has 0 heterocycles. The first-order valence-corrected chi connectivity index (χ1v) is 6.82. The molecule has 0 aromatic heterocycles. The van der Waals surface area contributed by atoms with Crippen molar-refractivity contribution >= 4 is 12.1 Å². The molecule has 1 saturated carbocycles. The van der Waals surface area contributed by atoms with Crippen LogP contribution in [0.5, 0.6) is 0 Å². The minimum Gasteiger partial charge on any atom is -0.481 e. The van der Waals surface area contributed by atoms with Gasteiger partial charge in [0.2, 0.25) is 0 Å². The standard InChI is InChI=1S/C13H23NO6/c1-7(10(16)5-6-15)8-3-4-9(12(17)18)11(8)20-13(19)14-2/h7-11,15-16H,3-6H2,1-2H3,(H,14,19)(H,17,18)/t7-,8+,9-,10-,11-/m0/s1. The summed E-state index contributed by atoms with van der Waals surface area (Å²) in [7, 11) is 1.41. The van der Waals surface area contributed by atoms with E-state index in [0.717, 1.165) is 0 Å². The van der Waals surface area contributed by atoms with Crippen molar-refractivity contribution in [3.8, 4) is 0 Å². The molecular formula is C13H23NO6. The Morgan fingerprint density at radius 3 is 2.55 bits per heavy atom. The summed E-state index contributed by atoms with van der Waals surface area (Å²) >= 11 is 0. The number of ether oxygens (including phenoxy) is 1. The number of aliphatic hydroxyl groups is 2. The van der Waals surface area contributed by atoms with Gasteiger partial charge < -0.3 is 25.4 Å². The Kier molecular flexibility index (Phi) is 6.22. The first-order chi connectivity index (χ1) is 9.42. The van der Waals surface area contributed by atoms with Gasteiger partial charge in [0.25, 0.3) is 0 Å². The monoisotopic (exact) mass is 289 g/mol. The van der Waals surface area contributed by atoms with E-state index in [1.807, 2.05) is 0 Å². The maximum Gasteiger partial charge on any atom is 0.407 e. The van der Waals surface area contributed by atoms with Gasteiger partial charge in [-0.3, -0.25) is 4.79 Å². The quantitative estimate of drug-likeness (QED) is 0.555. The van der Waals surface area contributed by atoms with E-state index < -0.39 is 30.2 Å². The third-order valence-corrected chi connectivity index (χ3v) is 4.10. The molecule has 1 rings (SSSR count). The van der Waals surface area contributed by atoms with E-state index in [4.69, 9.17) is 9.84 Å². The normalized spacial score (nSPS) is 28.7. The molecule has 0 bridgehead atoms. The van der Waals surface area contributed by atoms with Crippen LogP contribution in [0.15, 0.2) is 0 Å². The second kappa shape index (κ2) is 7.44. The van der Waals surface area contributed by atoms with Crippen LogP contribution in [0.4, 0.5) is 4.79 Å². The highest BCUT2D eigenvalue weighted by molar-refractivity contribution is 5.73. The first kappa shape index (κ1) is 16.7. The van der Waals surface area contributed by atoms with Gasteiger partial charge in [-0.15, -0.1) is 0 Å². The van der Waals surface area contributed by atoms with Crippen molar-refractivity contribution < 1.29 is 29.6 Å². The SMILES string of the molecule is CNC(=O)O[C@H]1[C@@H]([C@H](C)[C@@H](O)CCO)CC[C@@H]1C(=O)O. The fraction of sp³-hybridized carbons (Fsp3) is 0.846. The van der Waals surface area contributed by atoms with Crippen LogP contribution < -0.4 is 5.32 Å². The van der Waals surface area contributed by atoms with E-state index in [9.17, 15) is 19.8 Å². The average Bonchev–Trinajstić information content (AvgIpc) is 2.81. The molecule has 5 atom stereocenters. The molecule has 7 heteroatoms. The van der Waals surface area contributed by atoms with E-state index >= 15 is 0 Å². The van der Waals surface area contributed by atoms with Crippen LogP contribution in [0.1, 0.15) is 26.2 Å². The number of aliphatic carboxylic acids is 1. The Hall–Kier alpha value is -1.34. The van der Waals surface area contributed by atoms with Gasteiger partial charge >= 0.3 is 12.1 Å². The summed E-state index contributed by atoms with van der Waals surface area (Å²) < 4.78 is 5.19. The highest BCUT2D eigenvalue weighted by atomic mass is 16.6. The fourth-order valence-corrected chi connectivity index (χ4v) is 2.86. The molecule has 0 spiro atoms. The number of alkyl carbamates (subject to hydrolysis) is 1. The predicted octanol–water partition coefficient (Wildman–Crippen LogP) is 0.201. The van der Waals surface area contributed by atoms with E-state index in [0.29, 0.717) is 12.8 Å². The van der Waals surface area contributed by atoms with E-state index in [1.165, 1.54) is 7.05 Å². The van der Waals surface area contributed by atoms with Crippen molar-refractivity contribution in [3.05, 3.63) is 0 Å². The summed E-state index contributed by atoms with van der Waals surface area (Å²) in [5.41, 5.74) is 0. The maximum atomic E-state index is 11.4. The molecule has 1 fully saturated rings. The summed E-state index contributed by atoms with van der Waals surface area (Å²) in [4.78, 5) is 22.6. The van der Waals surface area contributed by atoms with Crippen LogP contribution in [0.2, 0.25) is 0 Å². The second-order valence-corrected chi connectivity index (χ2v) is 5.24. The molecule has 1 aliphatic rings. The lowest BCUT2D eigenvalue weighted by molar-refractivity contribution is -0.145. The Morgan fingerprint density at radius 2 is 2.05 bits per heavy atom. The minimum absolute atomic E-state index is 0.137. The van der Waals surface area contributed by atoms with Crippen LogP contribution in [-0.4, -0.2) is 53.2 Å². The number of carbonyl (C=O) groups excluding carboxylic acids is 1. The lowest BCUT2D eigenvalue weighted by Gasteiger charge is -2.30. The smallest absolute Gasteiger partial charge is 0.407 e. The number of rotatable bonds is 6. The molecule has 116 valence electrons. The van der Waals surface area contributed by atoms with Crippen LogP contribution in [-0.2, 0) is 9.53 Å². The topological polar surface area (TPSA) is 116 Å². The van der Waals surface area contributed by atoms with Gasteiger partial charge in [-0.1, -0.05) is 6.92 Å². The van der Waals surface area contributed by atoms with Crippen molar-refractivity contribution in [1.82, 2.24) is 5.32 Å². The Morgan fingerprint density at radius 1 is 1.40 bits per heavy atom. The molecule has 1 amide bonds. The zero-order chi connectivity index (χ0) is 15.3. The van der Waals surface area contributed by atoms with Gasteiger partial charge in [-0.2, -0.15) is 0 Å². The van der Waals surface area contributed by atoms with E-state index in [2.05, 4.69) is 5.32 Å². The van der Waals surface area contributed by atoms with Crippen molar-refractivity contribution in [2.24, 2.45) is 17.8 Å². The van der Waals surface area contributed by atoms with Crippen LogP contribution in [0.3, 0.4) is 0 Å². The Labute approximate surface area is 117 Å². The highest BCUT2D eigenvalue weighted by Gasteiger charge is 2.46. The summed E-state index contributed by atoms with van der Waals surface area (Å²) in [6.07, 6.45) is -0.955. The fourth-order valence-electron chi connectivity index (χ4n) is 2.86. The van der Waals surface area contributed by atoms with E-state index in [1.54, 1.807) is 6.92 Å². The summed E-state index contributed by atoms with van der Waals surface area (Å²) in [5, 5.41) is 30.3. The number of carboxylic acid groups (broad SMARTS) is 1. The average molecular weight is 289 g/mol. The highest BCUT2D eigenvalue weighted by Crippen LogP contribution is 2.40. The number of carbonyl (C=O) groups is 2. The van der Waals surface area contributed by atoms with Crippen molar-refractivity contribution in [2.75, 3.05) is 13.7 Å². The van der Waals surface area contributed by atoms with E-state index in [-0.39, 0.29) is 24.9 Å². The molecule has 0 radical (unpaired) electrons. The van der Waals surface area contributed by atoms with Gasteiger partial charge in [0.1, 0.15) is 6.10 Å². The zero-order valence-corrected chi connectivity index (χ0v) is 11.8. The van der Waals surface area contributed by atoms with Crippen LogP contribution in [0, 0.1) is 17.8 Å². The number of hydrogen-bond acceptors (Lipinski definition) is 5. The van der Waals surface area contributed by atoms with Crippen molar-refractivity contribution in [1.29, 1.82) is 0 Å². The first-order valence-electron chi connectivity index (χ1n) is 6.82. The molecule has 1 aliphatic carbocycles. The second-order valence-electron chi connectivity index (χ2n) is 5.24. The minimum atomic E-state index is -0.995. The molecule has 0 aliphatic heterocycles. The van der Waals surface area contributed by atoms with Crippen molar-refractivity contribution in [2.45, 2.75) is 38.4 Å². The van der Waals surface area contributed by atoms with Gasteiger partial charge in [-0.05, 0) is 25.2 Å². The van der Waals surface area contributed by atoms with Gasteiger partial charge in [0, 0.05) is 19.6 Å². The van der Waals surface area contributed by atoms with Crippen LogP contribution in [0.25, 0.3) is 0 Å². The number of aliphatic hydroxyl groups excluding tert-OH is 2. The van der Waals surface area contributed by atoms with Gasteiger partial charge in [-0.25, -0.2) is 4.79 Å².